The molecule has 4 heterocycles. The Morgan fingerprint density at radius 1 is 0.288 bits per heavy atom. The Balaban J connectivity index is 1.10. The van der Waals surface area contributed by atoms with Gasteiger partial charge in [-0.25, -0.2) is 15.0 Å². The zero-order valence-corrected chi connectivity index (χ0v) is 31.8. The average molecular weight is 755 g/mol. The summed E-state index contributed by atoms with van der Waals surface area (Å²) in [6, 6.07) is 70.6. The summed E-state index contributed by atoms with van der Waals surface area (Å²) in [6.07, 6.45) is 2.18. The molecule has 276 valence electrons. The monoisotopic (exact) mass is 754 g/mol. The van der Waals surface area contributed by atoms with Gasteiger partial charge in [0.25, 0.3) is 0 Å². The van der Waals surface area contributed by atoms with Crippen LogP contribution in [0.2, 0.25) is 0 Å². The highest BCUT2D eigenvalue weighted by molar-refractivity contribution is 6.20. The molecule has 59 heavy (non-hydrogen) atoms. The molecule has 0 spiro atoms. The van der Waals surface area contributed by atoms with Crippen molar-refractivity contribution in [1.29, 1.82) is 0 Å². The lowest BCUT2D eigenvalue weighted by Gasteiger charge is -2.12. The van der Waals surface area contributed by atoms with Gasteiger partial charge >= 0.3 is 0 Å². The van der Waals surface area contributed by atoms with E-state index < -0.39 is 0 Å². The Labute approximate surface area is 339 Å². The molecule has 0 amide bonds. The van der Waals surface area contributed by atoms with Crippen LogP contribution in [0.3, 0.4) is 0 Å². The topological polar surface area (TPSA) is 53.5 Å². The van der Waals surface area contributed by atoms with Gasteiger partial charge < -0.3 is 13.7 Å². The minimum Gasteiger partial charge on any atom is -0.316 e. The summed E-state index contributed by atoms with van der Waals surface area (Å²) in [5, 5.41) is 6.04. The van der Waals surface area contributed by atoms with E-state index in [1.54, 1.807) is 0 Å². The largest absolute Gasteiger partial charge is 0.316 e. The van der Waals surface area contributed by atoms with Crippen LogP contribution in [-0.2, 0) is 0 Å². The molecule has 12 aromatic rings. The van der Waals surface area contributed by atoms with Crippen LogP contribution < -0.4 is 0 Å². The molecule has 0 bridgehead atoms. The van der Waals surface area contributed by atoms with Crippen LogP contribution in [0.1, 0.15) is 0 Å². The van der Waals surface area contributed by atoms with E-state index in [1.807, 2.05) is 60.7 Å². The number of hydrogen-bond acceptors (Lipinski definition) is 3. The van der Waals surface area contributed by atoms with Crippen molar-refractivity contribution in [3.8, 4) is 51.2 Å². The molecule has 8 aromatic carbocycles. The molecule has 6 nitrogen and oxygen atoms in total. The van der Waals surface area contributed by atoms with E-state index in [4.69, 9.17) is 15.0 Å². The van der Waals surface area contributed by atoms with Crippen LogP contribution >= 0.6 is 0 Å². The Morgan fingerprint density at radius 2 is 0.763 bits per heavy atom. The maximum atomic E-state index is 5.06. The third-order valence-electron chi connectivity index (χ3n) is 11.5. The van der Waals surface area contributed by atoms with Crippen LogP contribution in [0.15, 0.2) is 206 Å². The van der Waals surface area contributed by atoms with Gasteiger partial charge in [-0.1, -0.05) is 127 Å². The number of hydrogen-bond donors (Lipinski definition) is 0. The zero-order valence-electron chi connectivity index (χ0n) is 31.8. The molecule has 0 atom stereocenters. The van der Waals surface area contributed by atoms with E-state index in [1.165, 1.54) is 38.0 Å². The number of nitrogens with zero attached hydrogens (tertiary/aromatic N) is 6. The van der Waals surface area contributed by atoms with Crippen LogP contribution in [0.4, 0.5) is 0 Å². The van der Waals surface area contributed by atoms with Crippen molar-refractivity contribution in [2.24, 2.45) is 0 Å². The molecule has 0 radical (unpaired) electrons. The molecule has 0 saturated heterocycles. The fraction of sp³-hybridized carbons (Fsp3) is 0. The van der Waals surface area contributed by atoms with E-state index in [0.717, 1.165) is 50.3 Å². The minimum atomic E-state index is 0.624. The van der Waals surface area contributed by atoms with E-state index in [-0.39, 0.29) is 0 Å². The van der Waals surface area contributed by atoms with E-state index in [9.17, 15) is 0 Å². The third-order valence-corrected chi connectivity index (χ3v) is 11.5. The van der Waals surface area contributed by atoms with Crippen molar-refractivity contribution in [2.45, 2.75) is 0 Å². The van der Waals surface area contributed by atoms with E-state index in [0.29, 0.717) is 17.5 Å². The normalized spacial score (nSPS) is 11.7. The quantitative estimate of drug-likeness (QED) is 0.170. The maximum Gasteiger partial charge on any atom is 0.164 e. The lowest BCUT2D eigenvalue weighted by Crippen LogP contribution is -2.01. The fourth-order valence-electron chi connectivity index (χ4n) is 8.78. The molecule has 0 aliphatic heterocycles. The Hall–Kier alpha value is -8.09. The molecule has 4 aromatic heterocycles. The number of fused-ring (bicyclic) bond motifs is 7. The summed E-state index contributed by atoms with van der Waals surface area (Å²) < 4.78 is 7.09. The van der Waals surface area contributed by atoms with Crippen LogP contribution in [-0.4, -0.2) is 28.7 Å². The summed E-state index contributed by atoms with van der Waals surface area (Å²) in [4.78, 5) is 15.1. The molecule has 0 unspecified atom stereocenters. The van der Waals surface area contributed by atoms with Crippen molar-refractivity contribution in [3.05, 3.63) is 206 Å². The smallest absolute Gasteiger partial charge is 0.164 e. The van der Waals surface area contributed by atoms with E-state index in [2.05, 4.69) is 159 Å². The summed E-state index contributed by atoms with van der Waals surface area (Å²) in [5.41, 5.74) is 11.8. The van der Waals surface area contributed by atoms with Gasteiger partial charge in [-0.05, 0) is 72.8 Å². The molecule has 12 rings (SSSR count). The minimum absolute atomic E-state index is 0.624. The Kier molecular flexibility index (Phi) is 7.43. The Morgan fingerprint density at radius 3 is 1.42 bits per heavy atom. The summed E-state index contributed by atoms with van der Waals surface area (Å²) in [6.45, 7) is 0. The average Bonchev–Trinajstić information content (AvgIpc) is 3.98. The van der Waals surface area contributed by atoms with Gasteiger partial charge in [0.15, 0.2) is 17.5 Å². The van der Waals surface area contributed by atoms with Gasteiger partial charge in [0, 0.05) is 66.9 Å². The molecular weight excluding hydrogens is 721 g/mol. The number of rotatable bonds is 6. The van der Waals surface area contributed by atoms with Gasteiger partial charge in [-0.2, -0.15) is 0 Å². The molecule has 6 heteroatoms. The van der Waals surface area contributed by atoms with Gasteiger partial charge in [0.1, 0.15) is 0 Å². The van der Waals surface area contributed by atoms with E-state index >= 15 is 0 Å². The van der Waals surface area contributed by atoms with Gasteiger partial charge in [-0.3, -0.25) is 0 Å². The standard InChI is InChI=1S/C53H34N6/c1-5-16-35(17-6-1)51-54-52(36-18-7-2-8-19-36)56-53(55-51)38-20-15-25-41(30-38)59-46-27-14-13-26-42(46)44-32-45-43-31-37-28-29-57(39-21-9-3-10-22-39)47(37)33-48(43)58(50(45)34-49(44)59)40-23-11-4-12-24-40/h1-34H. The zero-order chi connectivity index (χ0) is 38.9. The first-order valence-corrected chi connectivity index (χ1v) is 19.9. The second kappa shape index (κ2) is 13.3. The molecule has 0 aliphatic carbocycles. The molecule has 0 N–H and O–H groups in total. The van der Waals surface area contributed by atoms with Crippen molar-refractivity contribution in [2.75, 3.05) is 0 Å². The lowest BCUT2D eigenvalue weighted by atomic mass is 10.1. The Bertz CT molecular complexity index is 3470. The summed E-state index contributed by atoms with van der Waals surface area (Å²) in [7, 11) is 0. The van der Waals surface area contributed by atoms with Crippen LogP contribution in [0.25, 0.3) is 106 Å². The van der Waals surface area contributed by atoms with Crippen LogP contribution in [0.5, 0.6) is 0 Å². The first kappa shape index (κ1) is 33.1. The third kappa shape index (κ3) is 5.38. The highest BCUT2D eigenvalue weighted by Gasteiger charge is 2.21. The predicted molar refractivity (Wildman–Crippen MR) is 242 cm³/mol. The molecule has 0 aliphatic rings. The van der Waals surface area contributed by atoms with Gasteiger partial charge in [0.05, 0.1) is 27.6 Å². The highest BCUT2D eigenvalue weighted by atomic mass is 15.0. The van der Waals surface area contributed by atoms with Gasteiger partial charge in [-0.15, -0.1) is 0 Å². The summed E-state index contributed by atoms with van der Waals surface area (Å²) in [5.74, 6) is 1.90. The first-order chi connectivity index (χ1) is 29.2. The van der Waals surface area contributed by atoms with Crippen molar-refractivity contribution < 1.29 is 0 Å². The lowest BCUT2D eigenvalue weighted by molar-refractivity contribution is 1.07. The van der Waals surface area contributed by atoms with Crippen LogP contribution in [0, 0.1) is 0 Å². The number of aromatic nitrogens is 6. The SMILES string of the molecule is c1ccc(-c2nc(-c3ccccc3)nc(-c3cccc(-n4c5ccccc5c5cc6c7cc8ccn(-c9ccccc9)c8cc7n(-c7ccccc7)c6cc54)c3)n2)cc1. The maximum absolute atomic E-state index is 5.06. The van der Waals surface area contributed by atoms with Gasteiger partial charge in [0.2, 0.25) is 0 Å². The molecule has 0 fully saturated rings. The number of benzene rings is 8. The highest BCUT2D eigenvalue weighted by Crippen LogP contribution is 2.41. The number of para-hydroxylation sites is 3. The summed E-state index contributed by atoms with van der Waals surface area (Å²) >= 11 is 0. The van der Waals surface area contributed by atoms with Crippen molar-refractivity contribution in [1.82, 2.24) is 28.7 Å². The van der Waals surface area contributed by atoms with Crippen molar-refractivity contribution in [3.63, 3.8) is 0 Å². The van der Waals surface area contributed by atoms with Crippen molar-refractivity contribution >= 4 is 54.5 Å². The predicted octanol–water partition coefficient (Wildman–Crippen LogP) is 13.0. The first-order valence-electron chi connectivity index (χ1n) is 19.9. The second-order valence-corrected chi connectivity index (χ2v) is 14.9. The molecular formula is C53H34N6. The fourth-order valence-corrected chi connectivity index (χ4v) is 8.78. The second-order valence-electron chi connectivity index (χ2n) is 14.9. The molecule has 0 saturated carbocycles.